The van der Waals surface area contributed by atoms with Gasteiger partial charge in [-0.3, -0.25) is 19.5 Å². The van der Waals surface area contributed by atoms with E-state index >= 15 is 0 Å². The molecule has 2 aromatic carbocycles. The second kappa shape index (κ2) is 8.72. The first-order chi connectivity index (χ1) is 16.5. The Morgan fingerprint density at radius 3 is 2.50 bits per heavy atom. The number of hydrogen-bond acceptors (Lipinski definition) is 7. The Balaban J connectivity index is 1.71. The number of anilines is 1. The van der Waals surface area contributed by atoms with Crippen LogP contribution in [0.3, 0.4) is 0 Å². The van der Waals surface area contributed by atoms with Crippen molar-refractivity contribution in [2.24, 2.45) is 0 Å². The van der Waals surface area contributed by atoms with E-state index in [1.807, 2.05) is 36.4 Å². The number of pyridine rings is 1. The predicted molar refractivity (Wildman–Crippen MR) is 131 cm³/mol. The standard InChI is InChI=1S/C26H21N3O4S/c1-3-15-4-6-16(7-5-15)22-21(23(30)17-10-12-27-13-11-17)24(31)25(32)29(22)26-28-19-9-8-18(33-2)14-20(19)34-26/h4-14,22,30H,3H2,1-2H3. The molecule has 34 heavy (non-hydrogen) atoms. The first-order valence-electron chi connectivity index (χ1n) is 10.8. The Kier molecular flexibility index (Phi) is 5.59. The van der Waals surface area contributed by atoms with E-state index in [1.165, 1.54) is 28.6 Å². The molecule has 4 aromatic rings. The van der Waals surface area contributed by atoms with Gasteiger partial charge >= 0.3 is 5.91 Å². The number of carbonyl (C=O) groups is 2. The topological polar surface area (TPSA) is 92.6 Å². The van der Waals surface area contributed by atoms with Crippen LogP contribution in [0.1, 0.15) is 29.7 Å². The number of aliphatic hydroxyl groups excluding tert-OH is 1. The fourth-order valence-corrected chi connectivity index (χ4v) is 5.09. The highest BCUT2D eigenvalue weighted by molar-refractivity contribution is 7.22. The van der Waals surface area contributed by atoms with Gasteiger partial charge in [0.1, 0.15) is 11.5 Å². The summed E-state index contributed by atoms with van der Waals surface area (Å²) < 4.78 is 6.13. The van der Waals surface area contributed by atoms with Crippen molar-refractivity contribution in [2.45, 2.75) is 19.4 Å². The number of methoxy groups -OCH3 is 1. The van der Waals surface area contributed by atoms with Gasteiger partial charge in [0, 0.05) is 18.0 Å². The molecular weight excluding hydrogens is 450 g/mol. The van der Waals surface area contributed by atoms with Gasteiger partial charge in [-0.15, -0.1) is 0 Å². The van der Waals surface area contributed by atoms with Crippen LogP contribution < -0.4 is 9.64 Å². The van der Waals surface area contributed by atoms with Crippen molar-refractivity contribution in [1.82, 2.24) is 9.97 Å². The first-order valence-corrected chi connectivity index (χ1v) is 11.6. The Morgan fingerprint density at radius 2 is 1.82 bits per heavy atom. The number of rotatable bonds is 5. The molecule has 170 valence electrons. The summed E-state index contributed by atoms with van der Waals surface area (Å²) in [5.74, 6) is -1.05. The average Bonchev–Trinajstić information content (AvgIpc) is 3.41. The summed E-state index contributed by atoms with van der Waals surface area (Å²) in [5.41, 5.74) is 2.97. The summed E-state index contributed by atoms with van der Waals surface area (Å²) in [6.07, 6.45) is 3.91. The molecule has 1 unspecified atom stereocenters. The SMILES string of the molecule is CCc1ccc(C2C(=C(O)c3ccncc3)C(=O)C(=O)N2c2nc3ccc(OC)cc3s2)cc1. The molecule has 8 heteroatoms. The highest BCUT2D eigenvalue weighted by Gasteiger charge is 2.48. The highest BCUT2D eigenvalue weighted by atomic mass is 32.1. The molecule has 3 heterocycles. The van der Waals surface area contributed by atoms with Crippen LogP contribution in [0.4, 0.5) is 5.13 Å². The molecule has 5 rings (SSSR count). The number of benzene rings is 2. The Hall–Kier alpha value is -4.04. The number of aryl methyl sites for hydroxylation is 1. The van der Waals surface area contributed by atoms with Crippen LogP contribution in [-0.4, -0.2) is 33.9 Å². The molecule has 1 amide bonds. The third kappa shape index (κ3) is 3.62. The van der Waals surface area contributed by atoms with E-state index < -0.39 is 17.7 Å². The lowest BCUT2D eigenvalue weighted by Crippen LogP contribution is -2.29. The van der Waals surface area contributed by atoms with Crippen LogP contribution in [0, 0.1) is 0 Å². The molecule has 1 N–H and O–H groups in total. The second-order valence-corrected chi connectivity index (χ2v) is 8.84. The molecule has 0 aliphatic carbocycles. The largest absolute Gasteiger partial charge is 0.507 e. The predicted octanol–water partition coefficient (Wildman–Crippen LogP) is 4.89. The third-order valence-corrected chi connectivity index (χ3v) is 6.91. The number of thiazole rings is 1. The Morgan fingerprint density at radius 1 is 1.09 bits per heavy atom. The fraction of sp³-hybridized carbons (Fsp3) is 0.154. The molecule has 1 atom stereocenters. The summed E-state index contributed by atoms with van der Waals surface area (Å²) in [6.45, 7) is 2.06. The maximum atomic E-state index is 13.3. The van der Waals surface area contributed by atoms with Gasteiger partial charge in [0.2, 0.25) is 0 Å². The highest BCUT2D eigenvalue weighted by Crippen LogP contribution is 2.44. The monoisotopic (exact) mass is 471 g/mol. The molecule has 0 spiro atoms. The number of hydrogen-bond donors (Lipinski definition) is 1. The zero-order chi connectivity index (χ0) is 23.8. The molecule has 2 aromatic heterocycles. The lowest BCUT2D eigenvalue weighted by molar-refractivity contribution is -0.132. The summed E-state index contributed by atoms with van der Waals surface area (Å²) in [7, 11) is 1.58. The smallest absolute Gasteiger partial charge is 0.301 e. The lowest BCUT2D eigenvalue weighted by Gasteiger charge is -2.23. The van der Waals surface area contributed by atoms with Crippen LogP contribution in [-0.2, 0) is 16.0 Å². The van der Waals surface area contributed by atoms with Crippen LogP contribution in [0.5, 0.6) is 5.75 Å². The molecule has 1 aliphatic rings. The maximum Gasteiger partial charge on any atom is 0.301 e. The van der Waals surface area contributed by atoms with Gasteiger partial charge < -0.3 is 9.84 Å². The van der Waals surface area contributed by atoms with E-state index in [1.54, 1.807) is 25.3 Å². The minimum absolute atomic E-state index is 0.0253. The van der Waals surface area contributed by atoms with Crippen molar-refractivity contribution in [3.63, 3.8) is 0 Å². The van der Waals surface area contributed by atoms with Crippen molar-refractivity contribution in [3.8, 4) is 5.75 Å². The van der Waals surface area contributed by atoms with Gasteiger partial charge in [0.25, 0.3) is 5.78 Å². The zero-order valence-electron chi connectivity index (χ0n) is 18.6. The summed E-state index contributed by atoms with van der Waals surface area (Å²) in [4.78, 5) is 36.6. The number of aromatic nitrogens is 2. The molecule has 7 nitrogen and oxygen atoms in total. The lowest BCUT2D eigenvalue weighted by atomic mass is 9.95. The number of Topliss-reactive ketones (excluding diaryl/α,β-unsaturated/α-hetero) is 1. The summed E-state index contributed by atoms with van der Waals surface area (Å²) in [6, 6.07) is 15.5. The Bertz CT molecular complexity index is 1430. The quantitative estimate of drug-likeness (QED) is 0.253. The molecule has 0 radical (unpaired) electrons. The molecule has 1 aliphatic heterocycles. The Labute approximate surface area is 200 Å². The first kappa shape index (κ1) is 21.8. The van der Waals surface area contributed by atoms with Crippen molar-refractivity contribution in [1.29, 1.82) is 0 Å². The second-order valence-electron chi connectivity index (χ2n) is 7.83. The minimum atomic E-state index is -0.818. The van der Waals surface area contributed by atoms with E-state index in [4.69, 9.17) is 4.74 Å². The number of aliphatic hydroxyl groups is 1. The van der Waals surface area contributed by atoms with Crippen LogP contribution >= 0.6 is 11.3 Å². The maximum absolute atomic E-state index is 13.3. The molecular formula is C26H21N3O4S. The number of ketones is 1. The number of amides is 1. The number of fused-ring (bicyclic) bond motifs is 1. The molecule has 1 fully saturated rings. The normalized spacial score (nSPS) is 17.5. The van der Waals surface area contributed by atoms with Gasteiger partial charge in [-0.25, -0.2) is 4.98 Å². The van der Waals surface area contributed by atoms with Crippen molar-refractivity contribution < 1.29 is 19.4 Å². The van der Waals surface area contributed by atoms with Crippen LogP contribution in [0.2, 0.25) is 0 Å². The summed E-state index contributed by atoms with van der Waals surface area (Å²) in [5, 5.41) is 11.5. The van der Waals surface area contributed by atoms with Gasteiger partial charge in [0.05, 0.1) is 28.9 Å². The van der Waals surface area contributed by atoms with Crippen molar-refractivity contribution in [3.05, 3.63) is 89.3 Å². The van der Waals surface area contributed by atoms with Crippen LogP contribution in [0.25, 0.3) is 16.0 Å². The van der Waals surface area contributed by atoms with E-state index in [0.717, 1.165) is 16.7 Å². The molecule has 0 saturated carbocycles. The summed E-state index contributed by atoms with van der Waals surface area (Å²) >= 11 is 1.29. The van der Waals surface area contributed by atoms with Gasteiger partial charge in [0.15, 0.2) is 5.13 Å². The van der Waals surface area contributed by atoms with E-state index in [9.17, 15) is 14.7 Å². The zero-order valence-corrected chi connectivity index (χ0v) is 19.4. The van der Waals surface area contributed by atoms with Gasteiger partial charge in [-0.1, -0.05) is 42.5 Å². The van der Waals surface area contributed by atoms with E-state index in [2.05, 4.69) is 16.9 Å². The minimum Gasteiger partial charge on any atom is -0.507 e. The molecule has 0 bridgehead atoms. The van der Waals surface area contributed by atoms with E-state index in [0.29, 0.717) is 27.5 Å². The molecule has 1 saturated heterocycles. The number of carbonyl (C=O) groups excluding carboxylic acids is 2. The third-order valence-electron chi connectivity index (χ3n) is 5.89. The van der Waals surface area contributed by atoms with Crippen molar-refractivity contribution >= 4 is 44.1 Å². The van der Waals surface area contributed by atoms with Gasteiger partial charge in [-0.2, -0.15) is 0 Å². The number of nitrogens with zero attached hydrogens (tertiary/aromatic N) is 3. The number of ether oxygens (including phenoxy) is 1. The van der Waals surface area contributed by atoms with Crippen LogP contribution in [0.15, 0.2) is 72.6 Å². The van der Waals surface area contributed by atoms with Gasteiger partial charge in [-0.05, 0) is 47.9 Å². The average molecular weight is 472 g/mol. The van der Waals surface area contributed by atoms with Crippen molar-refractivity contribution in [2.75, 3.05) is 12.0 Å². The fourth-order valence-electron chi connectivity index (χ4n) is 4.07. The van der Waals surface area contributed by atoms with E-state index in [-0.39, 0.29) is 11.3 Å².